The summed E-state index contributed by atoms with van der Waals surface area (Å²) in [6.45, 7) is 6.61. The number of fused-ring (bicyclic) bond motifs is 1. The molecule has 0 amide bonds. The third kappa shape index (κ3) is 4.26. The first-order chi connectivity index (χ1) is 15.1. The molecule has 2 aliphatic rings. The second-order valence-electron chi connectivity index (χ2n) is 8.21. The van der Waals surface area contributed by atoms with E-state index in [-0.39, 0.29) is 6.04 Å². The number of piperidine rings is 1. The summed E-state index contributed by atoms with van der Waals surface area (Å²) in [6, 6.07) is 6.36. The Morgan fingerprint density at radius 1 is 1.16 bits per heavy atom. The number of pyridine rings is 1. The molecule has 1 atom stereocenters. The summed E-state index contributed by atoms with van der Waals surface area (Å²) in [4.78, 5) is 20.0. The minimum absolute atomic E-state index is 0.274. The van der Waals surface area contributed by atoms with E-state index in [4.69, 9.17) is 26.3 Å². The van der Waals surface area contributed by atoms with Crippen molar-refractivity contribution < 1.29 is 4.74 Å². The molecule has 5 rings (SSSR count). The Bertz CT molecular complexity index is 1070. The number of nitrogens with one attached hydrogen (secondary N) is 1. The van der Waals surface area contributed by atoms with Gasteiger partial charge in [0.1, 0.15) is 16.6 Å². The van der Waals surface area contributed by atoms with Gasteiger partial charge in [0.2, 0.25) is 0 Å². The van der Waals surface area contributed by atoms with Crippen LogP contribution in [0.3, 0.4) is 0 Å². The van der Waals surface area contributed by atoms with Crippen LogP contribution in [-0.2, 0) is 4.74 Å². The van der Waals surface area contributed by atoms with E-state index in [2.05, 4.69) is 38.4 Å². The number of morpholine rings is 1. The van der Waals surface area contributed by atoms with Gasteiger partial charge in [0.05, 0.1) is 19.3 Å². The summed E-state index contributed by atoms with van der Waals surface area (Å²) in [5.41, 5.74) is 2.80. The number of anilines is 1. The van der Waals surface area contributed by atoms with Crippen LogP contribution in [-0.4, -0.2) is 69.4 Å². The number of aromatic nitrogens is 4. The highest BCUT2D eigenvalue weighted by atomic mass is 35.5. The highest BCUT2D eigenvalue weighted by Crippen LogP contribution is 2.34. The standard InChI is InChI=1S/C22H27ClN6OS/c1-14-13-30-10-9-29(14)20-12-18(15-4-7-28(31-2)8-5-15)25-22(27-20)17-11-19(23)26-21-16(17)3-6-24-21/h3,6,11-12,14-15H,4-5,7-10,13H2,1-2H3,(H,24,26). The van der Waals surface area contributed by atoms with Crippen molar-refractivity contribution in [3.8, 4) is 11.4 Å². The molecule has 5 heterocycles. The van der Waals surface area contributed by atoms with Crippen molar-refractivity contribution in [2.45, 2.75) is 31.7 Å². The summed E-state index contributed by atoms with van der Waals surface area (Å²) in [5.74, 6) is 2.12. The van der Waals surface area contributed by atoms with Gasteiger partial charge in [-0.25, -0.2) is 15.0 Å². The summed E-state index contributed by atoms with van der Waals surface area (Å²) in [5, 5.41) is 1.42. The Kier molecular flexibility index (Phi) is 6.05. The molecule has 0 aliphatic carbocycles. The summed E-state index contributed by atoms with van der Waals surface area (Å²) in [7, 11) is 0. The topological polar surface area (TPSA) is 70.2 Å². The van der Waals surface area contributed by atoms with Crippen molar-refractivity contribution >= 4 is 40.4 Å². The molecule has 3 aromatic rings. The molecule has 1 unspecified atom stereocenters. The van der Waals surface area contributed by atoms with Gasteiger partial charge < -0.3 is 14.6 Å². The molecule has 0 saturated carbocycles. The van der Waals surface area contributed by atoms with Crippen molar-refractivity contribution in [1.82, 2.24) is 24.2 Å². The molecule has 0 bridgehead atoms. The zero-order valence-corrected chi connectivity index (χ0v) is 19.4. The quantitative estimate of drug-likeness (QED) is 0.460. The van der Waals surface area contributed by atoms with Crippen LogP contribution in [0.2, 0.25) is 5.15 Å². The van der Waals surface area contributed by atoms with Gasteiger partial charge in [0.15, 0.2) is 5.82 Å². The van der Waals surface area contributed by atoms with E-state index in [9.17, 15) is 0 Å². The maximum Gasteiger partial charge on any atom is 0.162 e. The van der Waals surface area contributed by atoms with Crippen LogP contribution in [0.1, 0.15) is 31.4 Å². The summed E-state index contributed by atoms with van der Waals surface area (Å²) >= 11 is 8.17. The molecule has 0 spiro atoms. The van der Waals surface area contributed by atoms with Gasteiger partial charge in [-0.15, -0.1) is 0 Å². The molecular formula is C22H27ClN6OS. The first-order valence-electron chi connectivity index (χ1n) is 10.8. The number of ether oxygens (including phenoxy) is 1. The Hall–Kier alpha value is -1.87. The van der Waals surface area contributed by atoms with Gasteiger partial charge in [-0.05, 0) is 38.2 Å². The molecule has 3 aromatic heterocycles. The molecular weight excluding hydrogens is 432 g/mol. The van der Waals surface area contributed by atoms with E-state index in [1.165, 1.54) is 0 Å². The molecule has 31 heavy (non-hydrogen) atoms. The number of aromatic amines is 1. The van der Waals surface area contributed by atoms with E-state index in [0.29, 0.717) is 30.1 Å². The van der Waals surface area contributed by atoms with E-state index in [1.54, 1.807) is 0 Å². The smallest absolute Gasteiger partial charge is 0.162 e. The van der Waals surface area contributed by atoms with Crippen LogP contribution in [0.4, 0.5) is 5.82 Å². The second-order valence-corrected chi connectivity index (χ2v) is 9.48. The third-order valence-electron chi connectivity index (χ3n) is 6.26. The van der Waals surface area contributed by atoms with Gasteiger partial charge >= 0.3 is 0 Å². The highest BCUT2D eigenvalue weighted by molar-refractivity contribution is 7.96. The molecule has 0 aromatic carbocycles. The Balaban J connectivity index is 1.60. The van der Waals surface area contributed by atoms with E-state index < -0.39 is 0 Å². The van der Waals surface area contributed by atoms with Crippen LogP contribution in [0.15, 0.2) is 24.4 Å². The maximum absolute atomic E-state index is 6.34. The lowest BCUT2D eigenvalue weighted by Crippen LogP contribution is -2.44. The normalized spacial score (nSPS) is 21.1. The molecule has 1 N–H and O–H groups in total. The molecule has 7 nitrogen and oxygen atoms in total. The first kappa shape index (κ1) is 21.0. The number of halogens is 1. The van der Waals surface area contributed by atoms with E-state index in [1.807, 2.05) is 30.3 Å². The Morgan fingerprint density at radius 2 is 2.00 bits per heavy atom. The van der Waals surface area contributed by atoms with Crippen molar-refractivity contribution in [1.29, 1.82) is 0 Å². The monoisotopic (exact) mass is 458 g/mol. The number of hydrogen-bond acceptors (Lipinski definition) is 7. The summed E-state index contributed by atoms with van der Waals surface area (Å²) < 4.78 is 8.09. The van der Waals surface area contributed by atoms with Crippen LogP contribution in [0, 0.1) is 0 Å². The minimum atomic E-state index is 0.274. The van der Waals surface area contributed by atoms with Crippen LogP contribution in [0.5, 0.6) is 0 Å². The lowest BCUT2D eigenvalue weighted by atomic mass is 9.94. The summed E-state index contributed by atoms with van der Waals surface area (Å²) in [6.07, 6.45) is 6.24. The van der Waals surface area contributed by atoms with Crippen molar-refractivity contribution in [3.05, 3.63) is 35.2 Å². The molecule has 9 heteroatoms. The zero-order valence-electron chi connectivity index (χ0n) is 17.8. The van der Waals surface area contributed by atoms with Gasteiger partial charge in [-0.3, -0.25) is 4.31 Å². The van der Waals surface area contributed by atoms with Gasteiger partial charge in [0.25, 0.3) is 0 Å². The molecule has 2 saturated heterocycles. The number of nitrogens with zero attached hydrogens (tertiary/aromatic N) is 5. The number of hydrogen-bond donors (Lipinski definition) is 1. The molecule has 2 aliphatic heterocycles. The lowest BCUT2D eigenvalue weighted by Gasteiger charge is -2.35. The second kappa shape index (κ2) is 8.94. The first-order valence-corrected chi connectivity index (χ1v) is 12.3. The highest BCUT2D eigenvalue weighted by Gasteiger charge is 2.26. The fraction of sp³-hybridized carbons (Fsp3) is 0.500. The number of rotatable bonds is 4. The van der Waals surface area contributed by atoms with Gasteiger partial charge in [0, 0.05) is 54.5 Å². The predicted molar refractivity (Wildman–Crippen MR) is 127 cm³/mol. The van der Waals surface area contributed by atoms with Crippen molar-refractivity contribution in [2.24, 2.45) is 0 Å². The van der Waals surface area contributed by atoms with E-state index in [0.717, 1.165) is 60.6 Å². The predicted octanol–water partition coefficient (Wildman–Crippen LogP) is 4.36. The molecule has 2 fully saturated rings. The molecule has 0 radical (unpaired) electrons. The van der Waals surface area contributed by atoms with E-state index >= 15 is 0 Å². The maximum atomic E-state index is 6.34. The average molecular weight is 459 g/mol. The van der Waals surface area contributed by atoms with Crippen molar-refractivity contribution in [3.63, 3.8) is 0 Å². The molecule has 164 valence electrons. The fourth-order valence-corrected chi connectivity index (χ4v) is 5.29. The largest absolute Gasteiger partial charge is 0.377 e. The van der Waals surface area contributed by atoms with Crippen LogP contribution in [0.25, 0.3) is 22.4 Å². The fourth-order valence-electron chi connectivity index (χ4n) is 4.52. The Labute approximate surface area is 191 Å². The van der Waals surface area contributed by atoms with Gasteiger partial charge in [-0.2, -0.15) is 0 Å². The Morgan fingerprint density at radius 3 is 2.77 bits per heavy atom. The van der Waals surface area contributed by atoms with Crippen LogP contribution < -0.4 is 4.90 Å². The average Bonchev–Trinajstić information content (AvgIpc) is 3.27. The van der Waals surface area contributed by atoms with Gasteiger partial charge in [-0.1, -0.05) is 23.5 Å². The number of H-pyrrole nitrogens is 1. The minimum Gasteiger partial charge on any atom is -0.377 e. The van der Waals surface area contributed by atoms with Crippen molar-refractivity contribution in [2.75, 3.05) is 44.0 Å². The SMILES string of the molecule is CSN1CCC(c2cc(N3CCOCC3C)nc(-c3cc(Cl)nc4[nH]ccc34)n2)CC1. The van der Waals surface area contributed by atoms with Crippen LogP contribution >= 0.6 is 23.5 Å². The zero-order chi connectivity index (χ0) is 21.4. The third-order valence-corrected chi connectivity index (χ3v) is 7.34. The lowest BCUT2D eigenvalue weighted by molar-refractivity contribution is 0.0985.